The van der Waals surface area contributed by atoms with Gasteiger partial charge in [-0.15, -0.1) is 11.3 Å². The number of halogens is 1. The summed E-state index contributed by atoms with van der Waals surface area (Å²) >= 11 is 7.45. The number of aryl methyl sites for hydroxylation is 3. The van der Waals surface area contributed by atoms with Crippen LogP contribution in [0.25, 0.3) is 5.82 Å². The molecule has 0 bridgehead atoms. The number of hydrogen-bond acceptors (Lipinski definition) is 3. The van der Waals surface area contributed by atoms with Gasteiger partial charge in [0.1, 0.15) is 11.4 Å². The van der Waals surface area contributed by atoms with Crippen molar-refractivity contribution in [2.24, 2.45) is 7.05 Å². The lowest BCUT2D eigenvalue weighted by Gasteiger charge is -2.15. The first-order chi connectivity index (χ1) is 11.4. The van der Waals surface area contributed by atoms with Crippen molar-refractivity contribution in [2.75, 3.05) is 0 Å². The van der Waals surface area contributed by atoms with Gasteiger partial charge in [0, 0.05) is 23.3 Å². The van der Waals surface area contributed by atoms with E-state index in [0.29, 0.717) is 9.90 Å². The van der Waals surface area contributed by atoms with Crippen LogP contribution in [0.15, 0.2) is 30.5 Å². The van der Waals surface area contributed by atoms with Gasteiger partial charge in [0.15, 0.2) is 0 Å². The number of hydrogen-bond donors (Lipinski definition) is 1. The topological polar surface area (TPSA) is 51.9 Å². The van der Waals surface area contributed by atoms with E-state index in [9.17, 15) is 4.79 Å². The molecule has 0 aliphatic carbocycles. The minimum absolute atomic E-state index is 0.116. The Hall–Kier alpha value is -2.05. The van der Waals surface area contributed by atoms with Gasteiger partial charge < -0.3 is 9.88 Å². The summed E-state index contributed by atoms with van der Waals surface area (Å²) in [6.07, 6.45) is 1.61. The summed E-state index contributed by atoms with van der Waals surface area (Å²) < 4.78 is 4.47. The summed E-state index contributed by atoms with van der Waals surface area (Å²) in [6.45, 7) is 5.97. The summed E-state index contributed by atoms with van der Waals surface area (Å²) in [6, 6.07) is 7.71. The van der Waals surface area contributed by atoms with Crippen molar-refractivity contribution in [3.63, 3.8) is 0 Å². The molecule has 0 fully saturated rings. The number of amides is 1. The fourth-order valence-electron chi connectivity index (χ4n) is 2.77. The van der Waals surface area contributed by atoms with Crippen LogP contribution >= 0.6 is 22.9 Å². The molecule has 0 aromatic carbocycles. The first kappa shape index (κ1) is 16.8. The number of carbonyl (C=O) groups excluding carboxylic acids is 1. The van der Waals surface area contributed by atoms with E-state index in [0.717, 1.165) is 22.1 Å². The van der Waals surface area contributed by atoms with Crippen LogP contribution in [-0.2, 0) is 7.05 Å². The number of nitrogens with zero attached hydrogens (tertiary/aromatic N) is 3. The highest BCUT2D eigenvalue weighted by Gasteiger charge is 2.21. The third-order valence-corrected chi connectivity index (χ3v) is 5.42. The molecule has 5 nitrogen and oxygen atoms in total. The third kappa shape index (κ3) is 2.99. The molecule has 0 spiro atoms. The molecule has 0 saturated carbocycles. The van der Waals surface area contributed by atoms with Crippen LogP contribution < -0.4 is 5.32 Å². The summed E-state index contributed by atoms with van der Waals surface area (Å²) in [5, 5.41) is 7.30. The van der Waals surface area contributed by atoms with E-state index in [1.807, 2.05) is 56.7 Å². The van der Waals surface area contributed by atoms with Crippen molar-refractivity contribution in [1.29, 1.82) is 0 Å². The van der Waals surface area contributed by atoms with Crippen LogP contribution in [0.2, 0.25) is 4.34 Å². The van der Waals surface area contributed by atoms with E-state index in [1.165, 1.54) is 11.3 Å². The van der Waals surface area contributed by atoms with Crippen LogP contribution in [0.5, 0.6) is 0 Å². The highest BCUT2D eigenvalue weighted by atomic mass is 35.5. The predicted octanol–water partition coefficient (Wildman–Crippen LogP) is 4.03. The largest absolute Gasteiger partial charge is 0.345 e. The van der Waals surface area contributed by atoms with Gasteiger partial charge in [-0.05, 0) is 45.0 Å². The molecule has 24 heavy (non-hydrogen) atoms. The maximum absolute atomic E-state index is 12.8. The number of thiophene rings is 1. The van der Waals surface area contributed by atoms with Gasteiger partial charge in [0.05, 0.1) is 16.6 Å². The maximum Gasteiger partial charge on any atom is 0.257 e. The Kier molecular flexibility index (Phi) is 4.51. The summed E-state index contributed by atoms with van der Waals surface area (Å²) in [4.78, 5) is 13.8. The number of carbonyl (C=O) groups is 1. The lowest BCUT2D eigenvalue weighted by Crippen LogP contribution is -2.27. The second kappa shape index (κ2) is 6.45. The van der Waals surface area contributed by atoms with Crippen LogP contribution in [-0.4, -0.2) is 20.3 Å². The molecular weight excluding hydrogens is 344 g/mol. The Labute approximate surface area is 149 Å². The molecule has 0 radical (unpaired) electrons. The van der Waals surface area contributed by atoms with E-state index in [-0.39, 0.29) is 11.9 Å². The smallest absolute Gasteiger partial charge is 0.257 e. The Balaban J connectivity index is 1.92. The van der Waals surface area contributed by atoms with Crippen molar-refractivity contribution in [2.45, 2.75) is 26.8 Å². The van der Waals surface area contributed by atoms with Gasteiger partial charge in [-0.25, -0.2) is 0 Å². The van der Waals surface area contributed by atoms with Crippen molar-refractivity contribution >= 4 is 28.8 Å². The Morgan fingerprint density at radius 3 is 2.50 bits per heavy atom. The van der Waals surface area contributed by atoms with Crippen LogP contribution in [0.4, 0.5) is 0 Å². The molecule has 1 amide bonds. The highest BCUT2D eigenvalue weighted by Crippen LogP contribution is 2.27. The first-order valence-electron chi connectivity index (χ1n) is 7.62. The lowest BCUT2D eigenvalue weighted by molar-refractivity contribution is 0.0940. The van der Waals surface area contributed by atoms with Gasteiger partial charge in [-0.3, -0.25) is 9.48 Å². The highest BCUT2D eigenvalue weighted by molar-refractivity contribution is 7.16. The molecule has 0 aliphatic heterocycles. The molecule has 3 rings (SSSR count). The zero-order chi connectivity index (χ0) is 17.4. The van der Waals surface area contributed by atoms with Crippen LogP contribution in [0.1, 0.15) is 39.6 Å². The molecule has 3 aromatic rings. The van der Waals surface area contributed by atoms with Gasteiger partial charge in [0.2, 0.25) is 0 Å². The number of rotatable bonds is 4. The number of aromatic nitrogens is 3. The second-order valence-corrected chi connectivity index (χ2v) is 7.54. The monoisotopic (exact) mass is 362 g/mol. The minimum Gasteiger partial charge on any atom is -0.345 e. The first-order valence-corrected chi connectivity index (χ1v) is 8.81. The zero-order valence-corrected chi connectivity index (χ0v) is 15.6. The molecule has 1 atom stereocenters. The molecule has 0 aliphatic rings. The quantitative estimate of drug-likeness (QED) is 0.761. The molecule has 1 N–H and O–H groups in total. The normalized spacial score (nSPS) is 12.4. The van der Waals surface area contributed by atoms with E-state index < -0.39 is 0 Å². The number of nitrogens with one attached hydrogen (secondary N) is 1. The zero-order valence-electron chi connectivity index (χ0n) is 14.0. The van der Waals surface area contributed by atoms with Gasteiger partial charge in [0.25, 0.3) is 5.91 Å². The summed E-state index contributed by atoms with van der Waals surface area (Å²) in [7, 11) is 1.84. The second-order valence-electron chi connectivity index (χ2n) is 5.79. The molecule has 3 heterocycles. The van der Waals surface area contributed by atoms with Crippen molar-refractivity contribution in [3.05, 3.63) is 56.6 Å². The minimum atomic E-state index is -0.150. The molecular formula is C17H19ClN4OS. The van der Waals surface area contributed by atoms with E-state index in [2.05, 4.69) is 10.4 Å². The molecule has 1 unspecified atom stereocenters. The maximum atomic E-state index is 12.8. The Morgan fingerprint density at radius 2 is 1.92 bits per heavy atom. The Bertz CT molecular complexity index is 873. The molecule has 7 heteroatoms. The van der Waals surface area contributed by atoms with Crippen molar-refractivity contribution in [3.8, 4) is 5.82 Å². The van der Waals surface area contributed by atoms with Crippen molar-refractivity contribution < 1.29 is 4.79 Å². The fourth-order valence-corrected chi connectivity index (χ4v) is 3.83. The fraction of sp³-hybridized carbons (Fsp3) is 0.294. The van der Waals surface area contributed by atoms with Gasteiger partial charge in [-0.1, -0.05) is 11.6 Å². The van der Waals surface area contributed by atoms with Crippen LogP contribution in [0.3, 0.4) is 0 Å². The summed E-state index contributed by atoms with van der Waals surface area (Å²) in [5.41, 5.74) is 2.67. The standard InChI is InChI=1S/C17H19ClN4OS/c1-10-5-6-11(2)22(10)17-13(9-19-21(17)4)16(23)20-12(3)14-7-8-15(18)24-14/h5-9,12H,1-4H3,(H,20,23). The molecule has 3 aromatic heterocycles. The van der Waals surface area contributed by atoms with E-state index in [4.69, 9.17) is 11.6 Å². The van der Waals surface area contributed by atoms with Crippen molar-refractivity contribution in [1.82, 2.24) is 19.7 Å². The van der Waals surface area contributed by atoms with Crippen LogP contribution in [0, 0.1) is 13.8 Å². The van der Waals surface area contributed by atoms with E-state index >= 15 is 0 Å². The molecule has 126 valence electrons. The van der Waals surface area contributed by atoms with Gasteiger partial charge >= 0.3 is 0 Å². The average molecular weight is 363 g/mol. The van der Waals surface area contributed by atoms with E-state index in [1.54, 1.807) is 10.9 Å². The third-order valence-electron chi connectivity index (χ3n) is 4.00. The predicted molar refractivity (Wildman–Crippen MR) is 97.2 cm³/mol. The Morgan fingerprint density at radius 1 is 1.25 bits per heavy atom. The summed E-state index contributed by atoms with van der Waals surface area (Å²) in [5.74, 6) is 0.617. The lowest BCUT2D eigenvalue weighted by atomic mass is 10.2. The molecule has 0 saturated heterocycles. The average Bonchev–Trinajstić information content (AvgIpc) is 3.20. The SMILES string of the molecule is Cc1ccc(C)n1-c1c(C(=O)NC(C)c2ccc(Cl)s2)cnn1C. The van der Waals surface area contributed by atoms with Gasteiger partial charge in [-0.2, -0.15) is 5.10 Å².